The van der Waals surface area contributed by atoms with E-state index in [1.54, 1.807) is 31.1 Å². The Bertz CT molecular complexity index is 1160. The van der Waals surface area contributed by atoms with E-state index in [-0.39, 0.29) is 22.8 Å². The normalized spacial score (nSPS) is 16.6. The SMILES string of the molecule is CCNC(=O)c1cn(CC2CCCCC2)cc(C(=O)N2CCN(c3ccc(C(C)=O)cc3)CC2)c1=O. The van der Waals surface area contributed by atoms with Crippen LogP contribution in [0, 0.1) is 5.92 Å². The molecule has 2 aliphatic rings. The Morgan fingerprint density at radius 2 is 1.56 bits per heavy atom. The molecule has 36 heavy (non-hydrogen) atoms. The third-order valence-corrected chi connectivity index (χ3v) is 7.29. The van der Waals surface area contributed by atoms with Gasteiger partial charge in [-0.15, -0.1) is 0 Å². The predicted molar refractivity (Wildman–Crippen MR) is 140 cm³/mol. The fourth-order valence-electron chi connectivity index (χ4n) is 5.22. The van der Waals surface area contributed by atoms with E-state index in [9.17, 15) is 19.2 Å². The molecular formula is C28H36N4O4. The van der Waals surface area contributed by atoms with Crippen LogP contribution in [0.2, 0.25) is 0 Å². The lowest BCUT2D eigenvalue weighted by atomic mass is 9.89. The number of carbonyl (C=O) groups is 3. The number of rotatable bonds is 7. The van der Waals surface area contributed by atoms with E-state index >= 15 is 0 Å². The second-order valence-corrected chi connectivity index (χ2v) is 9.86. The number of piperazine rings is 1. The number of nitrogens with zero attached hydrogens (tertiary/aromatic N) is 3. The van der Waals surface area contributed by atoms with Crippen molar-refractivity contribution >= 4 is 23.3 Å². The number of ketones is 1. The van der Waals surface area contributed by atoms with Gasteiger partial charge in [0.2, 0.25) is 5.43 Å². The molecule has 1 saturated carbocycles. The quantitative estimate of drug-likeness (QED) is 0.599. The molecule has 2 fully saturated rings. The molecule has 1 aromatic carbocycles. The Hall–Kier alpha value is -3.42. The van der Waals surface area contributed by atoms with Crippen LogP contribution in [0.3, 0.4) is 0 Å². The number of pyridine rings is 1. The minimum Gasteiger partial charge on any atom is -0.368 e. The average Bonchev–Trinajstić information content (AvgIpc) is 2.90. The maximum absolute atomic E-state index is 13.5. The van der Waals surface area contributed by atoms with Crippen LogP contribution in [0.5, 0.6) is 0 Å². The van der Waals surface area contributed by atoms with Gasteiger partial charge in [-0.05, 0) is 56.9 Å². The number of benzene rings is 1. The van der Waals surface area contributed by atoms with E-state index in [4.69, 9.17) is 0 Å². The number of hydrogen-bond donors (Lipinski definition) is 1. The van der Waals surface area contributed by atoms with E-state index in [2.05, 4.69) is 10.2 Å². The lowest BCUT2D eigenvalue weighted by Crippen LogP contribution is -2.50. The van der Waals surface area contributed by atoms with Gasteiger partial charge in [-0.3, -0.25) is 19.2 Å². The zero-order valence-electron chi connectivity index (χ0n) is 21.3. The van der Waals surface area contributed by atoms with Gasteiger partial charge in [-0.25, -0.2) is 0 Å². The van der Waals surface area contributed by atoms with E-state index in [1.165, 1.54) is 19.3 Å². The second kappa shape index (κ2) is 11.5. The van der Waals surface area contributed by atoms with Crippen molar-refractivity contribution in [3.8, 4) is 0 Å². The second-order valence-electron chi connectivity index (χ2n) is 9.86. The molecule has 1 N–H and O–H groups in total. The molecule has 0 atom stereocenters. The van der Waals surface area contributed by atoms with Crippen LogP contribution in [0.1, 0.15) is 77.0 Å². The monoisotopic (exact) mass is 492 g/mol. The fourth-order valence-corrected chi connectivity index (χ4v) is 5.22. The first kappa shape index (κ1) is 25.7. The number of carbonyl (C=O) groups excluding carboxylic acids is 3. The predicted octanol–water partition coefficient (Wildman–Crippen LogP) is 3.34. The summed E-state index contributed by atoms with van der Waals surface area (Å²) >= 11 is 0. The minimum absolute atomic E-state index is 0.0287. The number of aromatic nitrogens is 1. The van der Waals surface area contributed by atoms with Crippen LogP contribution in [0.4, 0.5) is 5.69 Å². The summed E-state index contributed by atoms with van der Waals surface area (Å²) < 4.78 is 1.88. The molecule has 0 radical (unpaired) electrons. The van der Waals surface area contributed by atoms with Crippen LogP contribution in [-0.4, -0.2) is 59.8 Å². The van der Waals surface area contributed by atoms with E-state index in [1.807, 2.05) is 28.8 Å². The molecule has 1 aliphatic carbocycles. The molecule has 192 valence electrons. The largest absolute Gasteiger partial charge is 0.368 e. The van der Waals surface area contributed by atoms with Gasteiger partial charge in [0, 0.05) is 62.9 Å². The standard InChI is InChI=1S/C28H36N4O4/c1-3-29-27(35)24-18-30(17-21-7-5-4-6-8-21)19-25(26(24)34)28(36)32-15-13-31(14-16-32)23-11-9-22(10-12-23)20(2)33/h9-12,18-19,21H,3-8,13-17H2,1-2H3,(H,29,35). The Morgan fingerprint density at radius 3 is 2.17 bits per heavy atom. The third kappa shape index (κ3) is 5.86. The highest BCUT2D eigenvalue weighted by Gasteiger charge is 2.27. The summed E-state index contributed by atoms with van der Waals surface area (Å²) in [7, 11) is 0. The molecule has 0 spiro atoms. The lowest BCUT2D eigenvalue weighted by Gasteiger charge is -2.36. The molecule has 0 bridgehead atoms. The van der Waals surface area contributed by atoms with Crippen molar-refractivity contribution in [2.75, 3.05) is 37.6 Å². The highest BCUT2D eigenvalue weighted by atomic mass is 16.2. The summed E-state index contributed by atoms with van der Waals surface area (Å²) in [5.74, 6) is -0.242. The summed E-state index contributed by atoms with van der Waals surface area (Å²) in [6.07, 6.45) is 9.16. The molecule has 8 nitrogen and oxygen atoms in total. The molecule has 1 aromatic heterocycles. The Morgan fingerprint density at radius 1 is 0.917 bits per heavy atom. The zero-order chi connectivity index (χ0) is 25.7. The zero-order valence-corrected chi connectivity index (χ0v) is 21.3. The third-order valence-electron chi connectivity index (χ3n) is 7.29. The van der Waals surface area contributed by atoms with E-state index in [0.29, 0.717) is 50.7 Å². The maximum atomic E-state index is 13.5. The van der Waals surface area contributed by atoms with Gasteiger partial charge >= 0.3 is 0 Å². The van der Waals surface area contributed by atoms with E-state index < -0.39 is 11.3 Å². The van der Waals surface area contributed by atoms with Gasteiger partial charge in [0.1, 0.15) is 11.1 Å². The average molecular weight is 493 g/mol. The van der Waals surface area contributed by atoms with Crippen molar-refractivity contribution in [3.05, 3.63) is 63.6 Å². The Balaban J connectivity index is 1.51. The maximum Gasteiger partial charge on any atom is 0.259 e. The molecule has 2 aromatic rings. The number of Topliss-reactive ketones (excluding diaryl/α,β-unsaturated/α-hetero) is 1. The Kier molecular flexibility index (Phi) is 8.23. The van der Waals surface area contributed by atoms with Crippen LogP contribution < -0.4 is 15.6 Å². The molecule has 4 rings (SSSR count). The van der Waals surface area contributed by atoms with Crippen molar-refractivity contribution in [1.82, 2.24) is 14.8 Å². The van der Waals surface area contributed by atoms with Crippen molar-refractivity contribution in [3.63, 3.8) is 0 Å². The van der Waals surface area contributed by atoms with Crippen LogP contribution >= 0.6 is 0 Å². The van der Waals surface area contributed by atoms with E-state index in [0.717, 1.165) is 18.5 Å². The van der Waals surface area contributed by atoms with Crippen LogP contribution in [0.25, 0.3) is 0 Å². The summed E-state index contributed by atoms with van der Waals surface area (Å²) in [4.78, 5) is 54.8. The molecule has 2 amide bonds. The lowest BCUT2D eigenvalue weighted by molar-refractivity contribution is 0.0744. The first-order valence-corrected chi connectivity index (χ1v) is 13.0. The Labute approximate surface area is 212 Å². The summed E-state index contributed by atoms with van der Waals surface area (Å²) in [5.41, 5.74) is 1.26. The van der Waals surface area contributed by atoms with Gasteiger partial charge in [-0.2, -0.15) is 0 Å². The number of amides is 2. The van der Waals surface area contributed by atoms with Gasteiger partial charge in [0.05, 0.1) is 0 Å². The van der Waals surface area contributed by atoms with Gasteiger partial charge in [-0.1, -0.05) is 19.3 Å². The molecule has 0 unspecified atom stereocenters. The van der Waals surface area contributed by atoms with Gasteiger partial charge in [0.15, 0.2) is 5.78 Å². The molecule has 1 saturated heterocycles. The number of nitrogens with one attached hydrogen (secondary N) is 1. The molecule has 1 aliphatic heterocycles. The first-order chi connectivity index (χ1) is 17.4. The molecule has 2 heterocycles. The molecular weight excluding hydrogens is 456 g/mol. The number of hydrogen-bond acceptors (Lipinski definition) is 5. The molecule has 8 heteroatoms. The smallest absolute Gasteiger partial charge is 0.259 e. The van der Waals surface area contributed by atoms with Crippen LogP contribution in [-0.2, 0) is 6.54 Å². The van der Waals surface area contributed by atoms with Gasteiger partial charge < -0.3 is 19.7 Å². The number of anilines is 1. The fraction of sp³-hybridized carbons (Fsp3) is 0.500. The van der Waals surface area contributed by atoms with Crippen molar-refractivity contribution in [2.45, 2.75) is 52.5 Å². The summed E-state index contributed by atoms with van der Waals surface area (Å²) in [6.45, 7) is 6.66. The van der Waals surface area contributed by atoms with Crippen LogP contribution in [0.15, 0.2) is 41.5 Å². The van der Waals surface area contributed by atoms with Crippen molar-refractivity contribution < 1.29 is 14.4 Å². The first-order valence-electron chi connectivity index (χ1n) is 13.0. The summed E-state index contributed by atoms with van der Waals surface area (Å²) in [5, 5.41) is 2.71. The van der Waals surface area contributed by atoms with Gasteiger partial charge in [0.25, 0.3) is 11.8 Å². The van der Waals surface area contributed by atoms with Crippen molar-refractivity contribution in [2.24, 2.45) is 5.92 Å². The van der Waals surface area contributed by atoms with Crippen molar-refractivity contribution in [1.29, 1.82) is 0 Å². The highest BCUT2D eigenvalue weighted by molar-refractivity contribution is 5.99. The highest BCUT2D eigenvalue weighted by Crippen LogP contribution is 2.25. The topological polar surface area (TPSA) is 91.7 Å². The summed E-state index contributed by atoms with van der Waals surface area (Å²) in [6, 6.07) is 7.48. The minimum atomic E-state index is -0.506.